The summed E-state index contributed by atoms with van der Waals surface area (Å²) in [6.45, 7) is 3.78. The zero-order valence-corrected chi connectivity index (χ0v) is 14.3. The van der Waals surface area contributed by atoms with Gasteiger partial charge < -0.3 is 9.47 Å². The van der Waals surface area contributed by atoms with Crippen molar-refractivity contribution in [1.82, 2.24) is 0 Å². The van der Waals surface area contributed by atoms with Crippen LogP contribution in [0.2, 0.25) is 0 Å². The standard InChI is InChI=1S/C14H16F4O6S/c1-4-14(2,3)13(19)24-6-5-23-11-8(16)7(15)9(17)12(10(11)18)25(20,21)22/h4-6H2,1-3H3,(H,20,21,22). The van der Waals surface area contributed by atoms with E-state index in [-0.39, 0.29) is 0 Å². The maximum absolute atomic E-state index is 13.9. The maximum Gasteiger partial charge on any atom is 0.311 e. The number of hydrogen-bond donors (Lipinski definition) is 1. The molecule has 142 valence electrons. The molecule has 0 aliphatic rings. The molecule has 0 bridgehead atoms. The van der Waals surface area contributed by atoms with Crippen molar-refractivity contribution < 1.29 is 44.8 Å². The Morgan fingerprint density at radius 2 is 1.60 bits per heavy atom. The topological polar surface area (TPSA) is 89.9 Å². The van der Waals surface area contributed by atoms with Gasteiger partial charge >= 0.3 is 16.1 Å². The molecule has 0 radical (unpaired) electrons. The number of carbonyl (C=O) groups excluding carboxylic acids is 1. The molecule has 0 aliphatic carbocycles. The Kier molecular flexibility index (Phi) is 6.40. The second-order valence-corrected chi connectivity index (χ2v) is 6.97. The number of rotatable bonds is 7. The first kappa shape index (κ1) is 21.2. The van der Waals surface area contributed by atoms with Crippen LogP contribution < -0.4 is 4.74 Å². The Balaban J connectivity index is 2.98. The molecule has 0 aliphatic heterocycles. The van der Waals surface area contributed by atoms with Gasteiger partial charge in [0.1, 0.15) is 13.2 Å². The van der Waals surface area contributed by atoms with Crippen LogP contribution in [0, 0.1) is 28.7 Å². The lowest BCUT2D eigenvalue weighted by atomic mass is 9.91. The molecule has 1 aromatic rings. The summed E-state index contributed by atoms with van der Waals surface area (Å²) in [5, 5.41) is 0. The summed E-state index contributed by atoms with van der Waals surface area (Å²) < 4.78 is 94.0. The summed E-state index contributed by atoms with van der Waals surface area (Å²) in [5.74, 6) is -11.2. The quantitative estimate of drug-likeness (QED) is 0.193. The highest BCUT2D eigenvalue weighted by Gasteiger charge is 2.33. The van der Waals surface area contributed by atoms with Crippen LogP contribution in [0.3, 0.4) is 0 Å². The number of benzene rings is 1. The lowest BCUT2D eigenvalue weighted by Gasteiger charge is -2.20. The molecule has 0 saturated heterocycles. The molecule has 25 heavy (non-hydrogen) atoms. The second kappa shape index (κ2) is 7.56. The van der Waals surface area contributed by atoms with E-state index < -0.39 is 68.6 Å². The summed E-state index contributed by atoms with van der Waals surface area (Å²) in [7, 11) is -5.51. The van der Waals surface area contributed by atoms with Gasteiger partial charge in [0.15, 0.2) is 28.1 Å². The Bertz CT molecular complexity index is 776. The normalized spacial score (nSPS) is 12.2. The summed E-state index contributed by atoms with van der Waals surface area (Å²) in [4.78, 5) is 9.60. The third-order valence-corrected chi connectivity index (χ3v) is 4.31. The smallest absolute Gasteiger partial charge is 0.311 e. The van der Waals surface area contributed by atoms with Gasteiger partial charge in [-0.2, -0.15) is 12.8 Å². The fraction of sp³-hybridized carbons (Fsp3) is 0.500. The van der Waals surface area contributed by atoms with Crippen LogP contribution in [0.1, 0.15) is 27.2 Å². The molecular formula is C14H16F4O6S. The molecular weight excluding hydrogens is 372 g/mol. The molecule has 0 fully saturated rings. The van der Waals surface area contributed by atoms with E-state index in [1.54, 1.807) is 20.8 Å². The van der Waals surface area contributed by atoms with Crippen LogP contribution in [0.4, 0.5) is 17.6 Å². The van der Waals surface area contributed by atoms with Gasteiger partial charge in [0, 0.05) is 0 Å². The summed E-state index contributed by atoms with van der Waals surface area (Å²) >= 11 is 0. The van der Waals surface area contributed by atoms with E-state index in [1.165, 1.54) is 0 Å². The molecule has 6 nitrogen and oxygen atoms in total. The van der Waals surface area contributed by atoms with Crippen LogP contribution >= 0.6 is 0 Å². The van der Waals surface area contributed by atoms with Crippen molar-refractivity contribution in [3.63, 3.8) is 0 Å². The first-order valence-electron chi connectivity index (χ1n) is 6.98. The van der Waals surface area contributed by atoms with Gasteiger partial charge in [0.05, 0.1) is 5.41 Å². The fourth-order valence-electron chi connectivity index (χ4n) is 1.56. The van der Waals surface area contributed by atoms with Gasteiger partial charge in [-0.15, -0.1) is 0 Å². The van der Waals surface area contributed by atoms with E-state index in [1.807, 2.05) is 0 Å². The molecule has 1 N–H and O–H groups in total. The zero-order chi connectivity index (χ0) is 19.6. The second-order valence-electron chi connectivity index (χ2n) is 5.61. The lowest BCUT2D eigenvalue weighted by Crippen LogP contribution is -2.27. The Hall–Kier alpha value is -1.88. The predicted octanol–water partition coefficient (Wildman–Crippen LogP) is 2.85. The van der Waals surface area contributed by atoms with Crippen molar-refractivity contribution in [2.75, 3.05) is 13.2 Å². The van der Waals surface area contributed by atoms with Crippen molar-refractivity contribution in [2.45, 2.75) is 32.1 Å². The van der Waals surface area contributed by atoms with Gasteiger partial charge in [-0.3, -0.25) is 9.35 Å². The molecule has 0 saturated carbocycles. The minimum atomic E-state index is -5.51. The molecule has 11 heteroatoms. The van der Waals surface area contributed by atoms with Crippen LogP contribution in [0.25, 0.3) is 0 Å². The van der Waals surface area contributed by atoms with Crippen molar-refractivity contribution >= 4 is 16.1 Å². The third kappa shape index (κ3) is 4.60. The van der Waals surface area contributed by atoms with Crippen LogP contribution in [0.15, 0.2) is 4.90 Å². The maximum atomic E-state index is 13.9. The average molecular weight is 388 g/mol. The number of ether oxygens (including phenoxy) is 2. The molecule has 1 aromatic carbocycles. The zero-order valence-electron chi connectivity index (χ0n) is 13.5. The van der Waals surface area contributed by atoms with E-state index in [9.17, 15) is 30.8 Å². The predicted molar refractivity (Wildman–Crippen MR) is 76.6 cm³/mol. The van der Waals surface area contributed by atoms with Crippen LogP contribution in [-0.4, -0.2) is 32.2 Å². The van der Waals surface area contributed by atoms with Gasteiger partial charge in [0.2, 0.25) is 5.82 Å². The fourth-order valence-corrected chi connectivity index (χ4v) is 2.20. The molecule has 0 amide bonds. The van der Waals surface area contributed by atoms with Gasteiger partial charge in [0.25, 0.3) is 0 Å². The van der Waals surface area contributed by atoms with Gasteiger partial charge in [-0.25, -0.2) is 13.2 Å². The molecule has 1 rings (SSSR count). The molecule has 0 spiro atoms. The van der Waals surface area contributed by atoms with Gasteiger partial charge in [-0.1, -0.05) is 6.92 Å². The Morgan fingerprint density at radius 3 is 2.08 bits per heavy atom. The highest BCUT2D eigenvalue weighted by Crippen LogP contribution is 2.32. The summed E-state index contributed by atoms with van der Waals surface area (Å²) in [6.07, 6.45) is 0.455. The highest BCUT2D eigenvalue weighted by atomic mass is 32.2. The van der Waals surface area contributed by atoms with E-state index in [0.717, 1.165) is 0 Å². The minimum absolute atomic E-state index is 0.455. The van der Waals surface area contributed by atoms with Crippen LogP contribution in [-0.2, 0) is 19.6 Å². The largest absolute Gasteiger partial charge is 0.484 e. The third-order valence-electron chi connectivity index (χ3n) is 3.44. The van der Waals surface area contributed by atoms with Crippen LogP contribution in [0.5, 0.6) is 5.75 Å². The first-order chi connectivity index (χ1) is 11.3. The number of halogens is 4. The van der Waals surface area contributed by atoms with E-state index >= 15 is 0 Å². The minimum Gasteiger partial charge on any atom is -0.484 e. The lowest BCUT2D eigenvalue weighted by molar-refractivity contribution is -0.154. The summed E-state index contributed by atoms with van der Waals surface area (Å²) in [6, 6.07) is 0. The monoisotopic (exact) mass is 388 g/mol. The summed E-state index contributed by atoms with van der Waals surface area (Å²) in [5.41, 5.74) is -0.809. The highest BCUT2D eigenvalue weighted by molar-refractivity contribution is 7.85. The SMILES string of the molecule is CCC(C)(C)C(=O)OCCOc1c(F)c(F)c(F)c(S(=O)(=O)O)c1F. The molecule has 0 heterocycles. The molecule has 0 unspecified atom stereocenters. The van der Waals surface area contributed by atoms with E-state index in [4.69, 9.17) is 9.29 Å². The van der Waals surface area contributed by atoms with Crippen molar-refractivity contribution in [1.29, 1.82) is 0 Å². The van der Waals surface area contributed by atoms with Crippen molar-refractivity contribution in [3.05, 3.63) is 23.3 Å². The van der Waals surface area contributed by atoms with Crippen molar-refractivity contribution in [3.8, 4) is 5.75 Å². The van der Waals surface area contributed by atoms with E-state index in [0.29, 0.717) is 6.42 Å². The number of esters is 1. The Morgan fingerprint density at radius 1 is 1.04 bits per heavy atom. The Labute approximate surface area is 141 Å². The number of hydrogen-bond acceptors (Lipinski definition) is 5. The van der Waals surface area contributed by atoms with Gasteiger partial charge in [-0.05, 0) is 20.3 Å². The van der Waals surface area contributed by atoms with Crippen molar-refractivity contribution in [2.24, 2.45) is 5.41 Å². The number of carbonyl (C=O) groups is 1. The average Bonchev–Trinajstić information content (AvgIpc) is 2.50. The van der Waals surface area contributed by atoms with E-state index in [2.05, 4.69) is 4.74 Å². The first-order valence-corrected chi connectivity index (χ1v) is 8.42. The molecule has 0 atom stereocenters. The molecule has 0 aromatic heterocycles.